The van der Waals surface area contributed by atoms with E-state index in [1.54, 1.807) is 11.8 Å². The molecule has 0 N–H and O–H groups in total. The number of aliphatic imine (C=N–C) groups is 2. The minimum atomic E-state index is -0.580. The highest BCUT2D eigenvalue weighted by Crippen LogP contribution is 2.34. The molecule has 1 heterocycles. The van der Waals surface area contributed by atoms with Gasteiger partial charge >= 0.3 is 0 Å². The minimum Gasteiger partial charge on any atom is -0.480 e. The average Bonchev–Trinajstić information content (AvgIpc) is 2.80. The van der Waals surface area contributed by atoms with Crippen molar-refractivity contribution in [1.82, 2.24) is 0 Å². The number of hydrogen-bond donors (Lipinski definition) is 0. The third-order valence-electron chi connectivity index (χ3n) is 5.98. The minimum absolute atomic E-state index is 0.110. The lowest BCUT2D eigenvalue weighted by atomic mass is 9.90. The van der Waals surface area contributed by atoms with E-state index in [0.29, 0.717) is 25.0 Å². The largest absolute Gasteiger partial charge is 0.480 e. The Morgan fingerprint density at radius 2 is 1.76 bits per heavy atom. The van der Waals surface area contributed by atoms with E-state index in [4.69, 9.17) is 31.1 Å². The zero-order chi connectivity index (χ0) is 24.7. The molecule has 0 bridgehead atoms. The highest BCUT2D eigenvalue weighted by Gasteiger charge is 2.40. The van der Waals surface area contributed by atoms with Crippen LogP contribution in [0.2, 0.25) is 5.02 Å². The first kappa shape index (κ1) is 26.6. The summed E-state index contributed by atoms with van der Waals surface area (Å²) in [7, 11) is 0. The molecule has 0 saturated heterocycles. The van der Waals surface area contributed by atoms with Crippen LogP contribution >= 0.6 is 23.4 Å². The molecule has 0 aromatic heterocycles. The third kappa shape index (κ3) is 6.57. The zero-order valence-corrected chi connectivity index (χ0v) is 22.8. The van der Waals surface area contributed by atoms with Gasteiger partial charge in [0, 0.05) is 14.8 Å². The van der Waals surface area contributed by atoms with E-state index < -0.39 is 5.54 Å². The van der Waals surface area contributed by atoms with Gasteiger partial charge in [0.2, 0.25) is 11.8 Å². The number of nitrogens with zero attached hydrogens (tertiary/aromatic N) is 2. The average molecular weight is 501 g/mol. The van der Waals surface area contributed by atoms with Crippen LogP contribution in [0.3, 0.4) is 0 Å². The van der Waals surface area contributed by atoms with Gasteiger partial charge in [0.1, 0.15) is 11.6 Å². The van der Waals surface area contributed by atoms with E-state index in [2.05, 4.69) is 70.2 Å². The molecule has 0 aliphatic carbocycles. The molecule has 2 aromatic rings. The summed E-state index contributed by atoms with van der Waals surface area (Å²) >= 11 is 8.46. The Labute approximate surface area is 214 Å². The van der Waals surface area contributed by atoms with Crippen LogP contribution in [-0.4, -0.2) is 36.6 Å². The number of ether oxygens (including phenoxy) is 2. The summed E-state index contributed by atoms with van der Waals surface area (Å²) in [4.78, 5) is 12.3. The topological polar surface area (TPSA) is 43.2 Å². The second kappa shape index (κ2) is 12.1. The van der Waals surface area contributed by atoms with Crippen LogP contribution in [0.15, 0.2) is 62.2 Å². The molecule has 0 spiro atoms. The van der Waals surface area contributed by atoms with Gasteiger partial charge in [-0.3, -0.25) is 0 Å². The van der Waals surface area contributed by atoms with Crippen molar-refractivity contribution >= 4 is 35.2 Å². The quantitative estimate of drug-likeness (QED) is 0.355. The van der Waals surface area contributed by atoms with Gasteiger partial charge in [0.25, 0.3) is 0 Å². The molecule has 6 heteroatoms. The number of aryl methyl sites for hydroxylation is 2. The summed E-state index contributed by atoms with van der Waals surface area (Å²) in [5.74, 6) is 1.68. The summed E-state index contributed by atoms with van der Waals surface area (Å²) in [6, 6.07) is 14.9. The van der Waals surface area contributed by atoms with Gasteiger partial charge < -0.3 is 9.47 Å². The molecule has 4 nitrogen and oxygen atoms in total. The molecule has 1 aliphatic heterocycles. The lowest BCUT2D eigenvalue weighted by Crippen LogP contribution is -2.45. The molecular weight excluding hydrogens is 464 g/mol. The first-order valence-corrected chi connectivity index (χ1v) is 13.5. The maximum Gasteiger partial charge on any atom is 0.212 e. The van der Waals surface area contributed by atoms with Gasteiger partial charge in [-0.2, -0.15) is 0 Å². The number of rotatable bonds is 9. The second-order valence-corrected chi connectivity index (χ2v) is 10.6. The highest BCUT2D eigenvalue weighted by atomic mass is 35.5. The number of halogens is 1. The highest BCUT2D eigenvalue weighted by molar-refractivity contribution is 7.99. The molecule has 184 valence electrons. The molecular formula is C28H37ClN2O2S. The van der Waals surface area contributed by atoms with Gasteiger partial charge in [-0.1, -0.05) is 62.3 Å². The van der Waals surface area contributed by atoms with E-state index in [1.165, 1.54) is 10.5 Å². The van der Waals surface area contributed by atoms with E-state index in [1.807, 2.05) is 13.8 Å². The fourth-order valence-corrected chi connectivity index (χ4v) is 5.29. The SMILES string of the molecule is CCOC1=N[C@](C)(CCc2ccc(Sc3cccc(CC)c3)cc2Cl)C(OCC)=N[C@H]1C(C)C. The summed E-state index contributed by atoms with van der Waals surface area (Å²) in [5, 5.41) is 0.778. The standard InChI is InChI=1S/C28H37ClN2O2S/c1-7-20-11-10-12-22(17-20)34-23-14-13-21(24(29)18-23)15-16-28(6)27(33-9-3)30-25(19(4)5)26(31-28)32-8-2/h10-14,17-19,25H,7-9,15-16H2,1-6H3/t25-,28+/m0/s1. The maximum atomic E-state index is 6.72. The predicted molar refractivity (Wildman–Crippen MR) is 145 cm³/mol. The maximum absolute atomic E-state index is 6.72. The first-order valence-electron chi connectivity index (χ1n) is 12.3. The van der Waals surface area contributed by atoms with Crippen LogP contribution in [-0.2, 0) is 22.3 Å². The molecule has 0 unspecified atom stereocenters. The van der Waals surface area contributed by atoms with Crippen LogP contribution in [0.5, 0.6) is 0 Å². The Hall–Kier alpha value is -1.98. The van der Waals surface area contributed by atoms with Gasteiger partial charge in [0.15, 0.2) is 0 Å². The Morgan fingerprint density at radius 3 is 2.41 bits per heavy atom. The number of hydrogen-bond acceptors (Lipinski definition) is 5. The smallest absolute Gasteiger partial charge is 0.212 e. The molecule has 0 amide bonds. The Morgan fingerprint density at radius 1 is 1.03 bits per heavy atom. The van der Waals surface area contributed by atoms with Gasteiger partial charge in [0.05, 0.1) is 13.2 Å². The molecule has 2 aromatic carbocycles. The van der Waals surface area contributed by atoms with Crippen LogP contribution in [0.1, 0.15) is 59.1 Å². The Bertz CT molecular complexity index is 1040. The van der Waals surface area contributed by atoms with E-state index >= 15 is 0 Å². The normalized spacial score (nSPS) is 20.2. The van der Waals surface area contributed by atoms with E-state index in [9.17, 15) is 0 Å². The summed E-state index contributed by atoms with van der Waals surface area (Å²) < 4.78 is 11.9. The predicted octanol–water partition coefficient (Wildman–Crippen LogP) is 7.65. The van der Waals surface area contributed by atoms with E-state index in [0.717, 1.165) is 34.7 Å². The molecule has 0 saturated carbocycles. The van der Waals surface area contributed by atoms with E-state index in [-0.39, 0.29) is 12.0 Å². The lowest BCUT2D eigenvalue weighted by molar-refractivity contribution is 0.256. The second-order valence-electron chi connectivity index (χ2n) is 9.07. The van der Waals surface area contributed by atoms with Crippen LogP contribution in [0.25, 0.3) is 0 Å². The molecule has 1 aliphatic rings. The monoisotopic (exact) mass is 500 g/mol. The Kier molecular flexibility index (Phi) is 9.49. The summed E-state index contributed by atoms with van der Waals surface area (Å²) in [6.45, 7) is 13.6. The Balaban J connectivity index is 1.77. The first-order chi connectivity index (χ1) is 16.3. The van der Waals surface area contributed by atoms with Crippen molar-refractivity contribution in [2.45, 2.75) is 82.2 Å². The van der Waals surface area contributed by atoms with Gasteiger partial charge in [-0.15, -0.1) is 0 Å². The van der Waals surface area contributed by atoms with Crippen molar-refractivity contribution in [1.29, 1.82) is 0 Å². The summed E-state index contributed by atoms with van der Waals surface area (Å²) in [6.07, 6.45) is 2.54. The van der Waals surface area contributed by atoms with Crippen molar-refractivity contribution in [2.75, 3.05) is 13.2 Å². The third-order valence-corrected chi connectivity index (χ3v) is 7.31. The molecule has 0 fully saturated rings. The molecule has 2 atom stereocenters. The lowest BCUT2D eigenvalue weighted by Gasteiger charge is -2.34. The molecule has 0 radical (unpaired) electrons. The van der Waals surface area contributed by atoms with Gasteiger partial charge in [-0.25, -0.2) is 9.98 Å². The van der Waals surface area contributed by atoms with Crippen molar-refractivity contribution in [3.63, 3.8) is 0 Å². The molecule has 34 heavy (non-hydrogen) atoms. The van der Waals surface area contributed by atoms with Crippen LogP contribution in [0, 0.1) is 5.92 Å². The molecule has 3 rings (SSSR count). The summed E-state index contributed by atoms with van der Waals surface area (Å²) in [5.41, 5.74) is 1.86. The fraction of sp³-hybridized carbons (Fsp3) is 0.500. The van der Waals surface area contributed by atoms with Crippen LogP contribution in [0.4, 0.5) is 0 Å². The van der Waals surface area contributed by atoms with Crippen molar-refractivity contribution in [3.8, 4) is 0 Å². The van der Waals surface area contributed by atoms with Crippen molar-refractivity contribution in [2.24, 2.45) is 15.9 Å². The van der Waals surface area contributed by atoms with Crippen molar-refractivity contribution in [3.05, 3.63) is 58.6 Å². The zero-order valence-electron chi connectivity index (χ0n) is 21.2. The fourth-order valence-electron chi connectivity index (χ4n) is 4.01. The van der Waals surface area contributed by atoms with Crippen molar-refractivity contribution < 1.29 is 9.47 Å². The van der Waals surface area contributed by atoms with Gasteiger partial charge in [-0.05, 0) is 81.3 Å². The number of benzene rings is 2. The van der Waals surface area contributed by atoms with Crippen LogP contribution < -0.4 is 0 Å².